The molecule has 0 N–H and O–H groups in total. The van der Waals surface area contributed by atoms with E-state index in [0.29, 0.717) is 0 Å². The molecule has 0 aliphatic rings. The van der Waals surface area contributed by atoms with Crippen molar-refractivity contribution in [2.24, 2.45) is 0 Å². The molecule has 0 rings (SSSR count). The van der Waals surface area contributed by atoms with Gasteiger partial charge < -0.3 is 0 Å². The van der Waals surface area contributed by atoms with Crippen LogP contribution in [0.25, 0.3) is 0 Å². The van der Waals surface area contributed by atoms with Gasteiger partial charge in [-0.2, -0.15) is 0 Å². The second kappa shape index (κ2) is 9.31. The van der Waals surface area contributed by atoms with Crippen LogP contribution in [0.15, 0.2) is 0 Å². The molecule has 0 saturated carbocycles. The predicted octanol–water partition coefficient (Wildman–Crippen LogP) is 0.556. The second-order valence-corrected chi connectivity index (χ2v) is 9.67. The average Bonchev–Trinajstić information content (AvgIpc) is 2.27. The molecule has 0 fully saturated rings. The average molecular weight is 524 g/mol. The Hall–Kier alpha value is 0.343. The van der Waals surface area contributed by atoms with Crippen LogP contribution in [-0.4, -0.2) is 56.7 Å². The van der Waals surface area contributed by atoms with Crippen molar-refractivity contribution in [2.45, 2.75) is 36.5 Å². The zero-order valence-electron chi connectivity index (χ0n) is 10.5. The van der Waals surface area contributed by atoms with Gasteiger partial charge in [0.15, 0.2) is 0 Å². The van der Waals surface area contributed by atoms with E-state index in [2.05, 4.69) is 37.9 Å². The van der Waals surface area contributed by atoms with Gasteiger partial charge in [0, 0.05) is 0 Å². The van der Waals surface area contributed by atoms with Gasteiger partial charge in [-0.05, 0) is 0 Å². The van der Waals surface area contributed by atoms with Gasteiger partial charge in [0.25, 0.3) is 0 Å². The van der Waals surface area contributed by atoms with Gasteiger partial charge in [-0.15, -0.1) is 0 Å². The van der Waals surface area contributed by atoms with Crippen LogP contribution in [0.2, 0.25) is 0 Å². The molecule has 0 radical (unpaired) electrons. The summed E-state index contributed by atoms with van der Waals surface area (Å²) < 4.78 is 14.7. The van der Waals surface area contributed by atoms with Crippen LogP contribution >= 0.6 is 37.9 Å². The van der Waals surface area contributed by atoms with Gasteiger partial charge in [0.05, 0.1) is 0 Å². The monoisotopic (exact) mass is 524 g/mol. The first-order chi connectivity index (χ1) is 8.65. The van der Waals surface area contributed by atoms with Crippen LogP contribution in [0.3, 0.4) is 0 Å². The molecule has 0 aromatic rings. The maximum atomic E-state index is 11.4. The van der Waals surface area contributed by atoms with Gasteiger partial charge in [0.1, 0.15) is 0 Å². The molecule has 0 aromatic heterocycles. The van der Waals surface area contributed by atoms with E-state index in [1.54, 1.807) is 0 Å². The minimum absolute atomic E-state index is 0.708. The van der Waals surface area contributed by atoms with Crippen molar-refractivity contribution in [3.05, 3.63) is 0 Å². The molecule has 0 aliphatic heterocycles. The van der Waals surface area contributed by atoms with Crippen LogP contribution in [0, 0.1) is 0 Å². The Labute approximate surface area is 137 Å². The van der Waals surface area contributed by atoms with Crippen molar-refractivity contribution in [1.82, 2.24) is 0 Å². The van der Waals surface area contributed by atoms with Gasteiger partial charge in [0.2, 0.25) is 0 Å². The third kappa shape index (κ3) is 8.27. The van der Waals surface area contributed by atoms with Crippen LogP contribution in [0.5, 0.6) is 0 Å². The fourth-order valence-electron chi connectivity index (χ4n) is 0.505. The number of carbonyl (C=O) groups is 3. The van der Waals surface area contributed by atoms with E-state index >= 15 is 0 Å². The summed E-state index contributed by atoms with van der Waals surface area (Å²) in [5.41, 5.74) is 0. The summed E-state index contributed by atoms with van der Waals surface area (Å²) in [5, 5.41) is -2.13. The van der Waals surface area contributed by atoms with E-state index in [9.17, 15) is 14.4 Å². The molecule has 110 valence electrons. The molecule has 0 spiro atoms. The zero-order valence-corrected chi connectivity index (χ0v) is 16.6. The first-order valence-corrected chi connectivity index (χ1v) is 11.0. The molecule has 10 heteroatoms. The summed E-state index contributed by atoms with van der Waals surface area (Å²) in [5.74, 6) is -2.12. The summed E-state index contributed by atoms with van der Waals surface area (Å²) in [6.07, 6.45) is 0. The van der Waals surface area contributed by atoms with Crippen molar-refractivity contribution in [2.75, 3.05) is 0 Å². The van der Waals surface area contributed by atoms with E-state index in [1.807, 2.05) is 0 Å². The molecule has 0 heterocycles. The quantitative estimate of drug-likeness (QED) is 0.348. The Morgan fingerprint density at radius 3 is 1.11 bits per heavy atom. The molecule has 3 unspecified atom stereocenters. The predicted molar refractivity (Wildman–Crippen MR) is 79.4 cm³/mol. The maximum absolute atomic E-state index is 11.4. The fourth-order valence-corrected chi connectivity index (χ4v) is 5.67. The summed E-state index contributed by atoms with van der Waals surface area (Å²) in [4.78, 5) is 34.2. The normalized spacial score (nSPS) is 15.3. The Morgan fingerprint density at radius 2 is 0.947 bits per heavy atom. The first kappa shape index (κ1) is 19.3. The molecule has 0 amide bonds. The molecule has 3 atom stereocenters. The van der Waals surface area contributed by atoms with Crippen LogP contribution < -0.4 is 0 Å². The Bertz CT molecular complexity index is 295. The minimum atomic E-state index is -3.97. The molecule has 6 nitrogen and oxygen atoms in total. The van der Waals surface area contributed by atoms with Crippen molar-refractivity contribution >= 4 is 78.9 Å². The molecule has 0 aliphatic carbocycles. The van der Waals surface area contributed by atoms with E-state index < -0.39 is 56.7 Å². The number of thiol groups is 3. The number of hydrogen-bond acceptors (Lipinski definition) is 9. The summed E-state index contributed by atoms with van der Waals surface area (Å²) in [6, 6.07) is 0. The number of carbonyl (C=O) groups excluding carboxylic acids is 3. The standard InChI is InChI=1S/3C3H6O2S.Bi/c3*1-2(6)3(4)5;/h3*2,6H,1H3,(H,4,5);/q;;;+3/p-3. The summed E-state index contributed by atoms with van der Waals surface area (Å²) >= 11 is 7.66. The van der Waals surface area contributed by atoms with E-state index in [0.717, 1.165) is 0 Å². The molecular weight excluding hydrogens is 509 g/mol. The molecule has 19 heavy (non-hydrogen) atoms. The second-order valence-electron chi connectivity index (χ2n) is 3.48. The van der Waals surface area contributed by atoms with Crippen molar-refractivity contribution in [1.29, 1.82) is 0 Å². The van der Waals surface area contributed by atoms with Gasteiger partial charge in [-0.1, -0.05) is 0 Å². The van der Waals surface area contributed by atoms with Crippen LogP contribution in [0.4, 0.5) is 0 Å². The number of rotatable bonds is 6. The topological polar surface area (TPSA) is 78.9 Å². The van der Waals surface area contributed by atoms with Crippen LogP contribution in [-0.2, 0) is 22.8 Å². The van der Waals surface area contributed by atoms with E-state index in [1.165, 1.54) is 20.8 Å². The summed E-state index contributed by atoms with van der Waals surface area (Å²) in [7, 11) is 0. The Balaban J connectivity index is 4.68. The first-order valence-electron chi connectivity index (χ1n) is 5.15. The van der Waals surface area contributed by atoms with Crippen molar-refractivity contribution in [3.8, 4) is 0 Å². The van der Waals surface area contributed by atoms with Crippen LogP contribution in [0.1, 0.15) is 20.8 Å². The molecular formula is C9H15BiO6S3. The third-order valence-corrected chi connectivity index (χ3v) is 5.99. The van der Waals surface area contributed by atoms with Gasteiger partial charge >= 0.3 is 138 Å². The van der Waals surface area contributed by atoms with Gasteiger partial charge in [-0.3, -0.25) is 0 Å². The third-order valence-electron chi connectivity index (χ3n) is 1.52. The van der Waals surface area contributed by atoms with Gasteiger partial charge in [-0.25, -0.2) is 0 Å². The molecule has 0 bridgehead atoms. The molecule has 0 saturated heterocycles. The Morgan fingerprint density at radius 1 is 0.737 bits per heavy atom. The van der Waals surface area contributed by atoms with E-state index in [-0.39, 0.29) is 0 Å². The fraction of sp³-hybridized carbons (Fsp3) is 0.667. The van der Waals surface area contributed by atoms with E-state index in [4.69, 9.17) is 8.44 Å². The zero-order chi connectivity index (χ0) is 15.2. The number of hydrogen-bond donors (Lipinski definition) is 3. The molecule has 0 aromatic carbocycles. The van der Waals surface area contributed by atoms with Crippen molar-refractivity contribution < 1.29 is 22.8 Å². The SMILES string of the molecule is CC(S)C(=O)[O][Bi]([O]C(=O)C(C)S)[O]C(=O)C(C)S. The van der Waals surface area contributed by atoms with Crippen molar-refractivity contribution in [3.63, 3.8) is 0 Å². The summed E-state index contributed by atoms with van der Waals surface area (Å²) in [6.45, 7) is 4.46. The Kier molecular flexibility index (Phi) is 9.48.